The van der Waals surface area contributed by atoms with Crippen LogP contribution in [0.1, 0.15) is 5.82 Å². The molecule has 1 unspecified atom stereocenters. The van der Waals surface area contributed by atoms with Crippen LogP contribution in [-0.4, -0.2) is 34.7 Å². The molecule has 0 aromatic carbocycles. The first kappa shape index (κ1) is 12.6. The van der Waals surface area contributed by atoms with Gasteiger partial charge in [-0.2, -0.15) is 0 Å². The van der Waals surface area contributed by atoms with Crippen molar-refractivity contribution in [3.8, 4) is 0 Å². The number of hydrogen-bond acceptors (Lipinski definition) is 6. The Kier molecular flexibility index (Phi) is 2.85. The SMILES string of the molecule is Cc1nc([N+](=O)[O-])c(NC2C=CS(=O)(=O)C2)n1C. The second kappa shape index (κ2) is 4.09. The Morgan fingerprint density at radius 3 is 2.78 bits per heavy atom. The van der Waals surface area contributed by atoms with Gasteiger partial charge in [-0.15, -0.1) is 0 Å². The molecule has 2 rings (SSSR count). The lowest BCUT2D eigenvalue weighted by Crippen LogP contribution is -2.22. The molecule has 0 aliphatic carbocycles. The fourth-order valence-corrected chi connectivity index (χ4v) is 2.96. The van der Waals surface area contributed by atoms with Crippen LogP contribution in [0.3, 0.4) is 0 Å². The van der Waals surface area contributed by atoms with Gasteiger partial charge in [0.2, 0.25) is 11.6 Å². The molecule has 0 saturated heterocycles. The number of nitrogens with zero attached hydrogens (tertiary/aromatic N) is 3. The average Bonchev–Trinajstić information content (AvgIpc) is 2.73. The van der Waals surface area contributed by atoms with Crippen molar-refractivity contribution in [2.75, 3.05) is 11.1 Å². The Labute approximate surface area is 103 Å². The lowest BCUT2D eigenvalue weighted by molar-refractivity contribution is -0.388. The van der Waals surface area contributed by atoms with Crippen LogP contribution in [0.2, 0.25) is 0 Å². The molecular formula is C9H12N4O4S. The van der Waals surface area contributed by atoms with E-state index in [-0.39, 0.29) is 17.4 Å². The summed E-state index contributed by atoms with van der Waals surface area (Å²) < 4.78 is 24.0. The highest BCUT2D eigenvalue weighted by atomic mass is 32.2. The smallest absolute Gasteiger partial charge is 0.358 e. The van der Waals surface area contributed by atoms with Crippen LogP contribution in [0.15, 0.2) is 11.5 Å². The van der Waals surface area contributed by atoms with E-state index in [1.807, 2.05) is 0 Å². The zero-order chi connectivity index (χ0) is 13.5. The van der Waals surface area contributed by atoms with Crippen molar-refractivity contribution in [3.05, 3.63) is 27.4 Å². The monoisotopic (exact) mass is 272 g/mol. The van der Waals surface area contributed by atoms with E-state index >= 15 is 0 Å². The third-order valence-electron chi connectivity index (χ3n) is 2.73. The van der Waals surface area contributed by atoms with E-state index < -0.39 is 20.8 Å². The largest absolute Gasteiger partial charge is 0.406 e. The summed E-state index contributed by atoms with van der Waals surface area (Å²) in [6.07, 6.45) is 1.47. The Hall–Kier alpha value is -1.90. The van der Waals surface area contributed by atoms with Crippen LogP contribution >= 0.6 is 0 Å². The molecule has 8 nitrogen and oxygen atoms in total. The predicted octanol–water partition coefficient (Wildman–Crippen LogP) is 0.359. The van der Waals surface area contributed by atoms with E-state index in [1.54, 1.807) is 14.0 Å². The van der Waals surface area contributed by atoms with Gasteiger partial charge >= 0.3 is 5.82 Å². The number of imidazole rings is 1. The van der Waals surface area contributed by atoms with Gasteiger partial charge in [-0.25, -0.2) is 8.42 Å². The molecule has 0 amide bonds. The van der Waals surface area contributed by atoms with Gasteiger partial charge in [0.15, 0.2) is 9.84 Å². The van der Waals surface area contributed by atoms with Gasteiger partial charge in [-0.1, -0.05) is 0 Å². The number of nitrogens with one attached hydrogen (secondary N) is 1. The second-order valence-corrected chi connectivity index (χ2v) is 5.99. The van der Waals surface area contributed by atoms with E-state index in [2.05, 4.69) is 10.3 Å². The van der Waals surface area contributed by atoms with Crippen molar-refractivity contribution in [1.82, 2.24) is 9.55 Å². The predicted molar refractivity (Wildman–Crippen MR) is 64.9 cm³/mol. The molecule has 0 fully saturated rings. The van der Waals surface area contributed by atoms with Crippen molar-refractivity contribution in [2.45, 2.75) is 13.0 Å². The summed E-state index contributed by atoms with van der Waals surface area (Å²) in [6, 6.07) is -0.469. The Morgan fingerprint density at radius 1 is 1.61 bits per heavy atom. The number of anilines is 1. The highest BCUT2D eigenvalue weighted by Gasteiger charge is 2.28. The molecule has 0 bridgehead atoms. The number of rotatable bonds is 3. The third kappa shape index (κ3) is 2.21. The van der Waals surface area contributed by atoms with Crippen LogP contribution < -0.4 is 5.32 Å². The van der Waals surface area contributed by atoms with Crippen molar-refractivity contribution in [2.24, 2.45) is 7.05 Å². The molecule has 1 aromatic rings. The number of aromatic nitrogens is 2. The molecule has 1 aromatic heterocycles. The molecule has 1 N–H and O–H groups in total. The molecule has 0 saturated carbocycles. The standard InChI is InChI=1S/C9H12N4O4S/c1-6-10-9(13(14)15)8(12(6)2)11-7-3-4-18(16,17)5-7/h3-4,7,11H,5H2,1-2H3. The third-order valence-corrected chi connectivity index (χ3v) is 4.12. The summed E-state index contributed by atoms with van der Waals surface area (Å²) in [5, 5.41) is 14.8. The van der Waals surface area contributed by atoms with Crippen molar-refractivity contribution < 1.29 is 13.3 Å². The van der Waals surface area contributed by atoms with E-state index in [1.165, 1.54) is 10.6 Å². The van der Waals surface area contributed by atoms with Crippen LogP contribution in [0, 0.1) is 17.0 Å². The molecule has 0 radical (unpaired) electrons. The van der Waals surface area contributed by atoms with Gasteiger partial charge in [0.25, 0.3) is 0 Å². The van der Waals surface area contributed by atoms with Crippen LogP contribution in [0.5, 0.6) is 0 Å². The summed E-state index contributed by atoms with van der Waals surface area (Å²) in [4.78, 5) is 14.1. The first-order valence-corrected chi connectivity index (χ1v) is 6.87. The normalized spacial score (nSPS) is 21.1. The quantitative estimate of drug-likeness (QED) is 0.628. The van der Waals surface area contributed by atoms with Crippen LogP contribution in [-0.2, 0) is 16.9 Å². The van der Waals surface area contributed by atoms with E-state index in [0.29, 0.717) is 5.82 Å². The van der Waals surface area contributed by atoms with Gasteiger partial charge in [-0.3, -0.25) is 4.57 Å². The Balaban J connectivity index is 2.30. The summed E-state index contributed by atoms with van der Waals surface area (Å²) >= 11 is 0. The molecule has 0 spiro atoms. The number of nitro groups is 1. The Bertz CT molecular complexity index is 631. The minimum Gasteiger partial charge on any atom is -0.358 e. The lowest BCUT2D eigenvalue weighted by Gasteiger charge is -2.11. The lowest BCUT2D eigenvalue weighted by atomic mass is 10.3. The molecule has 9 heteroatoms. The molecular weight excluding hydrogens is 260 g/mol. The maximum atomic E-state index is 11.3. The van der Waals surface area contributed by atoms with Crippen molar-refractivity contribution in [1.29, 1.82) is 0 Å². The molecule has 1 atom stereocenters. The van der Waals surface area contributed by atoms with Gasteiger partial charge in [0, 0.05) is 19.4 Å². The van der Waals surface area contributed by atoms with Crippen LogP contribution in [0.4, 0.5) is 11.6 Å². The maximum Gasteiger partial charge on any atom is 0.406 e. The van der Waals surface area contributed by atoms with E-state index in [9.17, 15) is 18.5 Å². The number of sulfone groups is 1. The zero-order valence-corrected chi connectivity index (χ0v) is 10.6. The van der Waals surface area contributed by atoms with Gasteiger partial charge in [0.1, 0.15) is 0 Å². The first-order chi connectivity index (χ1) is 8.30. The maximum absolute atomic E-state index is 11.3. The molecule has 98 valence electrons. The topological polar surface area (TPSA) is 107 Å². The molecule has 2 heterocycles. The van der Waals surface area contributed by atoms with Gasteiger partial charge in [0.05, 0.1) is 11.8 Å². The minimum absolute atomic E-state index is 0.103. The van der Waals surface area contributed by atoms with Crippen molar-refractivity contribution in [3.63, 3.8) is 0 Å². The van der Waals surface area contributed by atoms with Gasteiger partial charge in [-0.05, 0) is 16.0 Å². The molecule has 18 heavy (non-hydrogen) atoms. The highest BCUT2D eigenvalue weighted by Crippen LogP contribution is 2.25. The number of aryl methyl sites for hydroxylation is 1. The minimum atomic E-state index is -3.20. The summed E-state index contributed by atoms with van der Waals surface area (Å²) in [5.74, 6) is 0.292. The summed E-state index contributed by atoms with van der Waals surface area (Å²) in [6.45, 7) is 1.64. The fourth-order valence-electron chi connectivity index (χ4n) is 1.72. The zero-order valence-electron chi connectivity index (χ0n) is 9.82. The van der Waals surface area contributed by atoms with Crippen molar-refractivity contribution >= 4 is 21.5 Å². The van der Waals surface area contributed by atoms with E-state index in [0.717, 1.165) is 5.41 Å². The van der Waals surface area contributed by atoms with E-state index in [4.69, 9.17) is 0 Å². The second-order valence-electron chi connectivity index (χ2n) is 4.06. The summed E-state index contributed by atoms with van der Waals surface area (Å²) in [7, 11) is -1.57. The summed E-state index contributed by atoms with van der Waals surface area (Å²) in [5.41, 5.74) is 0. The highest BCUT2D eigenvalue weighted by molar-refractivity contribution is 7.94. The first-order valence-electron chi connectivity index (χ1n) is 5.15. The average molecular weight is 272 g/mol. The molecule has 1 aliphatic heterocycles. The molecule has 1 aliphatic rings. The van der Waals surface area contributed by atoms with Gasteiger partial charge < -0.3 is 15.4 Å². The Morgan fingerprint density at radius 2 is 2.28 bits per heavy atom. The number of hydrogen-bond donors (Lipinski definition) is 1. The van der Waals surface area contributed by atoms with Crippen LogP contribution in [0.25, 0.3) is 0 Å². The fraction of sp³-hybridized carbons (Fsp3) is 0.444.